The van der Waals surface area contributed by atoms with Crippen LogP contribution in [0, 0.1) is 5.21 Å². The fraction of sp³-hybridized carbons (Fsp3) is 0. The van der Waals surface area contributed by atoms with Crippen LogP contribution >= 0.6 is 0 Å². The van der Waals surface area contributed by atoms with Crippen LogP contribution in [0.4, 0.5) is 5.82 Å². The topological polar surface area (TPSA) is 89.3 Å². The lowest BCUT2D eigenvalue weighted by molar-refractivity contribution is -0.993. The van der Waals surface area contributed by atoms with Gasteiger partial charge in [0.25, 0.3) is 5.82 Å². The van der Waals surface area contributed by atoms with Crippen LogP contribution in [0.2, 0.25) is 0 Å². The van der Waals surface area contributed by atoms with E-state index in [0.29, 0.717) is 0 Å². The zero-order valence-corrected chi connectivity index (χ0v) is 3.83. The first kappa shape index (κ1) is 5.16. The van der Waals surface area contributed by atoms with E-state index in [-0.39, 0.29) is 5.82 Å². The second-order valence-electron chi connectivity index (χ2n) is 1.16. The van der Waals surface area contributed by atoms with E-state index in [1.165, 1.54) is 0 Å². The van der Waals surface area contributed by atoms with Crippen LogP contribution in [-0.2, 0) is 0 Å². The van der Waals surface area contributed by atoms with Gasteiger partial charge in [0.05, 0.1) is 0 Å². The molecule has 0 saturated carbocycles. The number of H-pyrrole nitrogens is 1. The van der Waals surface area contributed by atoms with Gasteiger partial charge in [-0.05, 0) is 0 Å². The smallest absolute Gasteiger partial charge is 0.297 e. The Hall–Kier alpha value is -0.980. The summed E-state index contributed by atoms with van der Waals surface area (Å²) < 4.78 is 0. The Kier molecular flexibility index (Phi) is 1.20. The van der Waals surface area contributed by atoms with Gasteiger partial charge in [0.15, 0.2) is 0 Å². The molecule has 1 atom stereocenters. The number of rotatable bonds is 1. The van der Waals surface area contributed by atoms with Gasteiger partial charge in [0.1, 0.15) is 6.20 Å². The maximum atomic E-state index is 9.94. The quantitative estimate of drug-likeness (QED) is 0.378. The molecule has 1 unspecified atom stereocenters. The molecule has 1 heterocycles. The van der Waals surface area contributed by atoms with Crippen molar-refractivity contribution in [3.63, 3.8) is 0 Å². The van der Waals surface area contributed by atoms with Gasteiger partial charge in [-0.25, -0.2) is 5.21 Å². The van der Waals surface area contributed by atoms with Crippen molar-refractivity contribution in [3.05, 3.63) is 11.4 Å². The monoisotopic (exact) mass is 116 g/mol. The first-order valence-corrected chi connectivity index (χ1v) is 1.90. The first-order valence-electron chi connectivity index (χ1n) is 1.90. The summed E-state index contributed by atoms with van der Waals surface area (Å²) in [5.41, 5.74) is 0. The molecule has 44 valence electrons. The second-order valence-corrected chi connectivity index (χ2v) is 1.16. The Bertz CT molecular complexity index is 147. The Morgan fingerprint density at radius 3 is 2.88 bits per heavy atom. The maximum Gasteiger partial charge on any atom is 0.297 e. The second kappa shape index (κ2) is 1.86. The van der Waals surface area contributed by atoms with Gasteiger partial charge in [-0.15, -0.1) is 0 Å². The zero-order valence-electron chi connectivity index (χ0n) is 3.83. The Labute approximate surface area is 44.3 Å². The summed E-state index contributed by atoms with van der Waals surface area (Å²) in [5, 5.41) is 25.8. The predicted molar refractivity (Wildman–Crippen MR) is 22.2 cm³/mol. The molecule has 0 bridgehead atoms. The summed E-state index contributed by atoms with van der Waals surface area (Å²) >= 11 is 0. The molecule has 0 aromatic carbocycles. The molecule has 0 aliphatic carbocycles. The van der Waals surface area contributed by atoms with Gasteiger partial charge < -0.3 is 5.21 Å². The molecule has 0 aliphatic rings. The van der Waals surface area contributed by atoms with Crippen molar-refractivity contribution in [3.8, 4) is 0 Å². The highest BCUT2D eigenvalue weighted by atomic mass is 16.8. The van der Waals surface area contributed by atoms with Gasteiger partial charge >= 0.3 is 0 Å². The minimum Gasteiger partial charge on any atom is -0.594 e. The molecule has 1 aromatic rings. The molecule has 1 aromatic heterocycles. The van der Waals surface area contributed by atoms with E-state index < -0.39 is 5.23 Å². The Morgan fingerprint density at radius 2 is 2.62 bits per heavy atom. The number of nitrogens with one attached hydrogen (secondary N) is 2. The molecule has 6 heteroatoms. The highest BCUT2D eigenvalue weighted by molar-refractivity contribution is 5.05. The fourth-order valence-corrected chi connectivity index (χ4v) is 0.305. The van der Waals surface area contributed by atoms with Crippen molar-refractivity contribution in [1.82, 2.24) is 15.4 Å². The Balaban J connectivity index is 2.77. The summed E-state index contributed by atoms with van der Waals surface area (Å²) in [5.74, 6) is -0.0648. The third kappa shape index (κ3) is 0.808. The highest BCUT2D eigenvalue weighted by Gasteiger charge is 1.98. The van der Waals surface area contributed by atoms with E-state index in [2.05, 4.69) is 15.4 Å². The van der Waals surface area contributed by atoms with Crippen LogP contribution in [0.1, 0.15) is 0 Å². The average Bonchev–Trinajstić information content (AvgIpc) is 2.12. The molecule has 0 aliphatic heterocycles. The number of aromatic amines is 1. The van der Waals surface area contributed by atoms with Gasteiger partial charge in [-0.3, -0.25) is 0 Å². The van der Waals surface area contributed by atoms with Crippen LogP contribution in [-0.4, -0.2) is 20.6 Å². The summed E-state index contributed by atoms with van der Waals surface area (Å²) in [6, 6.07) is 0. The van der Waals surface area contributed by atoms with Crippen LogP contribution < -0.4 is 5.23 Å². The molecule has 8 heavy (non-hydrogen) atoms. The first-order chi connectivity index (χ1) is 3.80. The number of quaternary nitrogens is 1. The molecule has 1 rings (SSSR count). The summed E-state index contributed by atoms with van der Waals surface area (Å²) in [6.45, 7) is 0. The normalized spacial score (nSPS) is 13.8. The lowest BCUT2D eigenvalue weighted by Crippen LogP contribution is -2.99. The minimum absolute atomic E-state index is 0.0648. The molecule has 0 amide bonds. The van der Waals surface area contributed by atoms with E-state index in [1.807, 2.05) is 0 Å². The molecule has 3 N–H and O–H groups in total. The molecular weight excluding hydrogens is 112 g/mol. The molecule has 0 fully saturated rings. The fourth-order valence-electron chi connectivity index (χ4n) is 0.305. The van der Waals surface area contributed by atoms with Crippen molar-refractivity contribution in [2.45, 2.75) is 0 Å². The Morgan fingerprint density at radius 1 is 1.88 bits per heavy atom. The van der Waals surface area contributed by atoms with Gasteiger partial charge in [0.2, 0.25) is 0 Å². The van der Waals surface area contributed by atoms with Crippen molar-refractivity contribution in [2.24, 2.45) is 0 Å². The van der Waals surface area contributed by atoms with Crippen molar-refractivity contribution < 1.29 is 10.4 Å². The van der Waals surface area contributed by atoms with E-state index >= 15 is 0 Å². The summed E-state index contributed by atoms with van der Waals surface area (Å²) in [4.78, 5) is 0. The number of hydrogen-bond donors (Lipinski definition) is 3. The standard InChI is InChI=1S/C2H4N4O2/c7-6(8)2-1-3-5-4-2/h1,6-7H,(H,3,4,5). The molecule has 0 saturated heterocycles. The minimum atomic E-state index is -1.07. The van der Waals surface area contributed by atoms with Crippen LogP contribution in [0.25, 0.3) is 0 Å². The molecular formula is C2H4N4O2. The van der Waals surface area contributed by atoms with E-state index in [4.69, 9.17) is 5.21 Å². The lowest BCUT2D eigenvalue weighted by Gasteiger charge is -2.04. The van der Waals surface area contributed by atoms with Crippen LogP contribution in [0.5, 0.6) is 0 Å². The SMILES string of the molecule is [O-][NH+](O)c1cn[nH]n1. The van der Waals surface area contributed by atoms with Gasteiger partial charge in [0, 0.05) is 0 Å². The maximum absolute atomic E-state index is 9.94. The zero-order chi connectivity index (χ0) is 5.98. The van der Waals surface area contributed by atoms with Gasteiger partial charge in [-0.1, -0.05) is 5.10 Å². The number of nitrogens with zero attached hydrogens (tertiary/aromatic N) is 2. The third-order valence-electron chi connectivity index (χ3n) is 0.634. The van der Waals surface area contributed by atoms with Crippen LogP contribution in [0.3, 0.4) is 0 Å². The number of aromatic nitrogens is 3. The van der Waals surface area contributed by atoms with Crippen molar-refractivity contribution >= 4 is 5.82 Å². The molecule has 0 spiro atoms. The largest absolute Gasteiger partial charge is 0.594 e. The lowest BCUT2D eigenvalue weighted by atomic mass is 10.8. The number of hydrogen-bond acceptors (Lipinski definition) is 4. The highest BCUT2D eigenvalue weighted by Crippen LogP contribution is 1.82. The van der Waals surface area contributed by atoms with Gasteiger partial charge in [-0.2, -0.15) is 15.5 Å². The average molecular weight is 116 g/mol. The third-order valence-corrected chi connectivity index (χ3v) is 0.634. The predicted octanol–water partition coefficient (Wildman–Crippen LogP) is -1.79. The van der Waals surface area contributed by atoms with E-state index in [1.54, 1.807) is 0 Å². The molecule has 0 radical (unpaired) electrons. The van der Waals surface area contributed by atoms with E-state index in [9.17, 15) is 5.21 Å². The molecule has 6 nitrogen and oxygen atoms in total. The summed E-state index contributed by atoms with van der Waals surface area (Å²) in [7, 11) is 0. The van der Waals surface area contributed by atoms with Crippen molar-refractivity contribution in [2.75, 3.05) is 0 Å². The van der Waals surface area contributed by atoms with Crippen LogP contribution in [0.15, 0.2) is 6.20 Å². The summed E-state index contributed by atoms with van der Waals surface area (Å²) in [6.07, 6.45) is 1.14. The van der Waals surface area contributed by atoms with Crippen molar-refractivity contribution in [1.29, 1.82) is 0 Å². The van der Waals surface area contributed by atoms with E-state index in [0.717, 1.165) is 6.20 Å².